The Labute approximate surface area is 132 Å². The van der Waals surface area contributed by atoms with Gasteiger partial charge in [-0.05, 0) is 32.0 Å². The van der Waals surface area contributed by atoms with Crippen molar-refractivity contribution in [2.75, 3.05) is 0 Å². The minimum absolute atomic E-state index is 1.05. The first-order valence-electron chi connectivity index (χ1n) is 6.44. The number of allylic oxidation sites excluding steroid dienone is 2. The van der Waals surface area contributed by atoms with E-state index in [-0.39, 0.29) is 0 Å². The van der Waals surface area contributed by atoms with Crippen molar-refractivity contribution in [3.05, 3.63) is 74.7 Å². The highest BCUT2D eigenvalue weighted by Gasteiger charge is 2.16. The van der Waals surface area contributed by atoms with Gasteiger partial charge < -0.3 is 0 Å². The van der Waals surface area contributed by atoms with Crippen LogP contribution in [0.15, 0.2) is 73.5 Å². The molecule has 1 aliphatic rings. The summed E-state index contributed by atoms with van der Waals surface area (Å²) in [6, 6.07) is 16.8. The fraction of sp³-hybridized carbons (Fsp3) is 0.118. The molecule has 0 atom stereocenters. The van der Waals surface area contributed by atoms with Gasteiger partial charge in [0, 0.05) is 31.1 Å². The van der Waals surface area contributed by atoms with Crippen LogP contribution >= 0.6 is 27.7 Å². The van der Waals surface area contributed by atoms with E-state index in [0.29, 0.717) is 0 Å². The quantitative estimate of drug-likeness (QED) is 0.652. The Morgan fingerprint density at radius 2 is 1.65 bits per heavy atom. The number of hydrogen-bond donors (Lipinski definition) is 0. The summed E-state index contributed by atoms with van der Waals surface area (Å²) in [7, 11) is 0. The molecule has 3 rings (SSSR count). The molecule has 100 valence electrons. The van der Waals surface area contributed by atoms with Crippen LogP contribution in [0, 0.1) is 0 Å². The molecule has 0 radical (unpaired) electrons. The third-order valence-corrected chi connectivity index (χ3v) is 5.02. The van der Waals surface area contributed by atoms with Crippen LogP contribution in [0.1, 0.15) is 25.0 Å². The van der Waals surface area contributed by atoms with Crippen LogP contribution in [-0.4, -0.2) is 5.71 Å². The van der Waals surface area contributed by atoms with Gasteiger partial charge >= 0.3 is 0 Å². The normalized spacial score (nSPS) is 14.7. The summed E-state index contributed by atoms with van der Waals surface area (Å²) < 4.78 is 1.08. The molecule has 0 aliphatic carbocycles. The van der Waals surface area contributed by atoms with Crippen molar-refractivity contribution in [1.29, 1.82) is 0 Å². The fourth-order valence-electron chi connectivity index (χ4n) is 2.12. The first kappa shape index (κ1) is 13.7. The van der Waals surface area contributed by atoms with Crippen molar-refractivity contribution in [1.82, 2.24) is 0 Å². The van der Waals surface area contributed by atoms with Crippen LogP contribution in [0.3, 0.4) is 0 Å². The highest BCUT2D eigenvalue weighted by atomic mass is 79.9. The zero-order valence-electron chi connectivity index (χ0n) is 11.4. The van der Waals surface area contributed by atoms with Gasteiger partial charge in [0.25, 0.3) is 0 Å². The van der Waals surface area contributed by atoms with Crippen LogP contribution in [0.5, 0.6) is 0 Å². The second-order valence-corrected chi connectivity index (χ2v) is 6.88. The number of fused-ring (bicyclic) bond motifs is 1. The highest BCUT2D eigenvalue weighted by molar-refractivity contribution is 9.10. The Hall–Kier alpha value is -1.32. The van der Waals surface area contributed by atoms with Crippen molar-refractivity contribution >= 4 is 33.4 Å². The zero-order chi connectivity index (χ0) is 14.1. The van der Waals surface area contributed by atoms with Gasteiger partial charge in [-0.2, -0.15) is 0 Å². The molecule has 0 fully saturated rings. The maximum Gasteiger partial charge on any atom is 0.0789 e. The lowest BCUT2D eigenvalue weighted by molar-refractivity contribution is 1.27. The van der Waals surface area contributed by atoms with Gasteiger partial charge in [0.05, 0.1) is 5.71 Å². The summed E-state index contributed by atoms with van der Waals surface area (Å²) in [5, 5.41) is 0. The van der Waals surface area contributed by atoms with Crippen molar-refractivity contribution in [3.63, 3.8) is 0 Å². The van der Waals surface area contributed by atoms with E-state index in [9.17, 15) is 0 Å². The molecule has 3 heteroatoms. The number of thioether (sulfide) groups is 1. The lowest BCUT2D eigenvalue weighted by Gasteiger charge is -2.09. The Bertz CT molecular complexity index is 714. The molecule has 1 heterocycles. The molecule has 1 aliphatic heterocycles. The second-order valence-electron chi connectivity index (χ2n) is 4.71. The topological polar surface area (TPSA) is 12.4 Å². The summed E-state index contributed by atoms with van der Waals surface area (Å²) in [6.45, 7) is 4.21. The zero-order valence-corrected chi connectivity index (χ0v) is 13.8. The van der Waals surface area contributed by atoms with Crippen molar-refractivity contribution < 1.29 is 0 Å². The predicted octanol–water partition coefficient (Wildman–Crippen LogP) is 5.64. The number of aliphatic imine (C=N–C) groups is 1. The molecule has 0 saturated carbocycles. The first-order chi connectivity index (χ1) is 9.65. The van der Waals surface area contributed by atoms with E-state index in [1.165, 1.54) is 15.4 Å². The summed E-state index contributed by atoms with van der Waals surface area (Å²) in [5.74, 6) is 0. The van der Waals surface area contributed by atoms with Gasteiger partial charge in [-0.25, -0.2) is 0 Å². The summed E-state index contributed by atoms with van der Waals surface area (Å²) in [5.41, 5.74) is 4.49. The minimum atomic E-state index is 1.05. The smallest absolute Gasteiger partial charge is 0.0789 e. The number of benzene rings is 2. The van der Waals surface area contributed by atoms with E-state index < -0.39 is 0 Å². The highest BCUT2D eigenvalue weighted by Crippen LogP contribution is 2.36. The first-order valence-corrected chi connectivity index (χ1v) is 8.05. The van der Waals surface area contributed by atoms with Gasteiger partial charge in [-0.3, -0.25) is 4.99 Å². The van der Waals surface area contributed by atoms with Crippen LogP contribution in [0.2, 0.25) is 0 Å². The third kappa shape index (κ3) is 2.60. The molecule has 20 heavy (non-hydrogen) atoms. The van der Waals surface area contributed by atoms with Gasteiger partial charge in [0.1, 0.15) is 0 Å². The molecule has 0 saturated heterocycles. The van der Waals surface area contributed by atoms with Gasteiger partial charge in [0.15, 0.2) is 0 Å². The van der Waals surface area contributed by atoms with Gasteiger partial charge in [-0.15, -0.1) is 0 Å². The molecule has 0 aromatic heterocycles. The molecular formula is C17H14BrNS. The molecule has 2 aromatic carbocycles. The minimum Gasteiger partial charge on any atom is -0.252 e. The molecule has 0 bridgehead atoms. The largest absolute Gasteiger partial charge is 0.252 e. The third-order valence-electron chi connectivity index (χ3n) is 3.31. The summed E-state index contributed by atoms with van der Waals surface area (Å²) in [6.07, 6.45) is 0. The van der Waals surface area contributed by atoms with Crippen molar-refractivity contribution in [2.24, 2.45) is 4.99 Å². The van der Waals surface area contributed by atoms with E-state index >= 15 is 0 Å². The summed E-state index contributed by atoms with van der Waals surface area (Å²) >= 11 is 5.28. The Morgan fingerprint density at radius 3 is 2.40 bits per heavy atom. The molecular weight excluding hydrogens is 330 g/mol. The van der Waals surface area contributed by atoms with E-state index in [1.54, 1.807) is 11.8 Å². The average molecular weight is 344 g/mol. The number of hydrogen-bond acceptors (Lipinski definition) is 2. The maximum absolute atomic E-state index is 4.86. The molecule has 0 N–H and O–H groups in total. The number of halogens is 1. The lowest BCUT2D eigenvalue weighted by atomic mass is 10.0. The Morgan fingerprint density at radius 1 is 0.950 bits per heavy atom. The maximum atomic E-state index is 4.86. The van der Waals surface area contributed by atoms with Crippen LogP contribution < -0.4 is 0 Å². The van der Waals surface area contributed by atoms with Crippen LogP contribution in [0.25, 0.3) is 0 Å². The molecule has 1 nitrogen and oxygen atoms in total. The standard InChI is InChI=1S/C17H14BrNS/c1-11-12(2)20-16-6-4-3-5-15(16)17(19-11)13-7-9-14(18)10-8-13/h3-10H,1-2H3. The van der Waals surface area contributed by atoms with Gasteiger partial charge in [-0.1, -0.05) is 58.0 Å². The van der Waals surface area contributed by atoms with Crippen LogP contribution in [-0.2, 0) is 0 Å². The van der Waals surface area contributed by atoms with Crippen molar-refractivity contribution in [3.8, 4) is 0 Å². The van der Waals surface area contributed by atoms with Crippen LogP contribution in [0.4, 0.5) is 0 Å². The molecule has 0 spiro atoms. The Balaban J connectivity index is 2.21. The number of rotatable bonds is 1. The molecule has 0 amide bonds. The monoisotopic (exact) mass is 343 g/mol. The average Bonchev–Trinajstić information content (AvgIpc) is 2.58. The number of nitrogens with zero attached hydrogens (tertiary/aromatic N) is 1. The predicted molar refractivity (Wildman–Crippen MR) is 90.5 cm³/mol. The van der Waals surface area contributed by atoms with E-state index in [2.05, 4.69) is 78.3 Å². The van der Waals surface area contributed by atoms with E-state index in [4.69, 9.17) is 4.99 Å². The van der Waals surface area contributed by atoms with Gasteiger partial charge in [0.2, 0.25) is 0 Å². The van der Waals surface area contributed by atoms with E-state index in [0.717, 1.165) is 21.4 Å². The Kier molecular flexibility index (Phi) is 3.81. The SMILES string of the molecule is CC1=C(C)Sc2ccccc2C(c2ccc(Br)cc2)=N1. The fourth-order valence-corrected chi connectivity index (χ4v) is 3.33. The molecule has 0 unspecified atom stereocenters. The summed E-state index contributed by atoms with van der Waals surface area (Å²) in [4.78, 5) is 7.38. The second kappa shape index (κ2) is 5.58. The van der Waals surface area contributed by atoms with Crippen molar-refractivity contribution in [2.45, 2.75) is 18.7 Å². The molecule has 2 aromatic rings. The van der Waals surface area contributed by atoms with E-state index in [1.807, 2.05) is 0 Å². The lowest BCUT2D eigenvalue weighted by Crippen LogP contribution is -2.04.